The van der Waals surface area contributed by atoms with Crippen LogP contribution in [-0.2, 0) is 22.5 Å². The number of hydrogen-bond acceptors (Lipinski definition) is 5. The summed E-state index contributed by atoms with van der Waals surface area (Å²) >= 11 is 1.71. The summed E-state index contributed by atoms with van der Waals surface area (Å²) in [5.74, 6) is -0.163. The summed E-state index contributed by atoms with van der Waals surface area (Å²) in [5.41, 5.74) is 0. The van der Waals surface area contributed by atoms with Crippen LogP contribution in [0.3, 0.4) is 0 Å². The van der Waals surface area contributed by atoms with Crippen molar-refractivity contribution in [3.63, 3.8) is 0 Å². The summed E-state index contributed by atoms with van der Waals surface area (Å²) in [6.07, 6.45) is 4.35. The third-order valence-corrected chi connectivity index (χ3v) is 5.49. The number of nitrogens with one attached hydrogen (secondary N) is 1. The number of esters is 1. The largest absolute Gasteiger partial charge is 0.469 e. The van der Waals surface area contributed by atoms with Crippen molar-refractivity contribution in [3.05, 3.63) is 21.9 Å². The Bertz CT molecular complexity index is 474. The van der Waals surface area contributed by atoms with Crippen molar-refractivity contribution >= 4 is 17.3 Å². The predicted octanol–water partition coefficient (Wildman–Crippen LogP) is 1.79. The third kappa shape index (κ3) is 3.05. The Labute approximate surface area is 124 Å². The van der Waals surface area contributed by atoms with Gasteiger partial charge in [-0.1, -0.05) is 0 Å². The van der Waals surface area contributed by atoms with Gasteiger partial charge in [0.1, 0.15) is 0 Å². The minimum Gasteiger partial charge on any atom is -0.469 e. The molecule has 2 aliphatic rings. The Morgan fingerprint density at radius 3 is 3.10 bits per heavy atom. The third-order valence-electron chi connectivity index (χ3n) is 4.41. The second-order valence-electron chi connectivity index (χ2n) is 5.64. The van der Waals surface area contributed by atoms with Gasteiger partial charge in [-0.3, -0.25) is 9.69 Å². The van der Waals surface area contributed by atoms with Crippen LogP contribution in [-0.4, -0.2) is 43.2 Å². The Kier molecular flexibility index (Phi) is 4.38. The fourth-order valence-corrected chi connectivity index (χ4v) is 4.33. The van der Waals surface area contributed by atoms with E-state index in [-0.39, 0.29) is 5.97 Å². The van der Waals surface area contributed by atoms with Gasteiger partial charge in [-0.25, -0.2) is 0 Å². The summed E-state index contributed by atoms with van der Waals surface area (Å²) < 4.78 is 4.70. The highest BCUT2D eigenvalue weighted by molar-refractivity contribution is 7.12. The van der Waals surface area contributed by atoms with E-state index in [1.165, 1.54) is 44.3 Å². The van der Waals surface area contributed by atoms with Crippen molar-refractivity contribution in [1.29, 1.82) is 0 Å². The van der Waals surface area contributed by atoms with E-state index in [4.69, 9.17) is 4.74 Å². The molecule has 20 heavy (non-hydrogen) atoms. The summed E-state index contributed by atoms with van der Waals surface area (Å²) in [5, 5.41) is 3.70. The van der Waals surface area contributed by atoms with E-state index in [1.54, 1.807) is 11.3 Å². The number of thiophene rings is 1. The Morgan fingerprint density at radius 2 is 2.25 bits per heavy atom. The summed E-state index contributed by atoms with van der Waals surface area (Å²) in [6.45, 7) is 3.45. The van der Waals surface area contributed by atoms with Crippen LogP contribution in [0, 0.1) is 0 Å². The van der Waals surface area contributed by atoms with Gasteiger partial charge in [0.2, 0.25) is 0 Å². The van der Waals surface area contributed by atoms with Crippen molar-refractivity contribution in [2.75, 3.05) is 20.2 Å². The number of hydrogen-bond donors (Lipinski definition) is 1. The van der Waals surface area contributed by atoms with Crippen molar-refractivity contribution < 1.29 is 9.53 Å². The number of carbonyl (C=O) groups is 1. The monoisotopic (exact) mass is 294 g/mol. The minimum absolute atomic E-state index is 0.163. The molecular formula is C15H22N2O2S. The minimum atomic E-state index is -0.163. The fraction of sp³-hybridized carbons (Fsp3) is 0.667. The summed E-state index contributed by atoms with van der Waals surface area (Å²) in [4.78, 5) is 16.3. The molecule has 0 aliphatic carbocycles. The SMILES string of the molecule is COC(=O)Cc1ccc(CNC2CCN3CCCC23)s1. The molecule has 0 spiro atoms. The first-order chi connectivity index (χ1) is 9.76. The van der Waals surface area contributed by atoms with Gasteiger partial charge in [0.05, 0.1) is 13.5 Å². The van der Waals surface area contributed by atoms with Gasteiger partial charge in [0.25, 0.3) is 0 Å². The van der Waals surface area contributed by atoms with Crippen molar-refractivity contribution in [2.24, 2.45) is 0 Å². The van der Waals surface area contributed by atoms with Crippen LogP contribution in [0.4, 0.5) is 0 Å². The van der Waals surface area contributed by atoms with E-state index in [1.807, 2.05) is 6.07 Å². The molecule has 2 fully saturated rings. The molecule has 0 amide bonds. The van der Waals surface area contributed by atoms with E-state index in [0.29, 0.717) is 12.5 Å². The maximum absolute atomic E-state index is 11.2. The van der Waals surface area contributed by atoms with Gasteiger partial charge in [-0.15, -0.1) is 11.3 Å². The molecular weight excluding hydrogens is 272 g/mol. The van der Waals surface area contributed by atoms with E-state index < -0.39 is 0 Å². The normalized spacial score (nSPS) is 25.9. The highest BCUT2D eigenvalue weighted by atomic mass is 32.1. The standard InChI is InChI=1S/C15H22N2O2S/c1-19-15(18)9-11-4-5-12(20-11)10-16-13-6-8-17-7-2-3-14(13)17/h4-5,13-14,16H,2-3,6-10H2,1H3. The molecule has 0 aromatic carbocycles. The lowest BCUT2D eigenvalue weighted by Gasteiger charge is -2.20. The fourth-order valence-electron chi connectivity index (χ4n) is 3.38. The second kappa shape index (κ2) is 6.24. The smallest absolute Gasteiger partial charge is 0.310 e. The van der Waals surface area contributed by atoms with Crippen LogP contribution < -0.4 is 5.32 Å². The van der Waals surface area contributed by atoms with E-state index in [0.717, 1.165) is 17.5 Å². The van der Waals surface area contributed by atoms with E-state index in [9.17, 15) is 4.79 Å². The molecule has 1 aromatic rings. The summed E-state index contributed by atoms with van der Waals surface area (Å²) in [7, 11) is 1.44. The number of rotatable bonds is 5. The number of ether oxygens (including phenoxy) is 1. The molecule has 2 aliphatic heterocycles. The summed E-state index contributed by atoms with van der Waals surface area (Å²) in [6, 6.07) is 5.56. The average molecular weight is 294 g/mol. The van der Waals surface area contributed by atoms with Gasteiger partial charge in [0, 0.05) is 34.9 Å². The Balaban J connectivity index is 1.50. The van der Waals surface area contributed by atoms with Crippen molar-refractivity contribution in [3.8, 4) is 0 Å². The molecule has 2 atom stereocenters. The van der Waals surface area contributed by atoms with Gasteiger partial charge in [-0.05, 0) is 37.9 Å². The molecule has 0 bridgehead atoms. The first-order valence-electron chi connectivity index (χ1n) is 7.38. The zero-order valence-electron chi connectivity index (χ0n) is 11.9. The van der Waals surface area contributed by atoms with Crippen LogP contribution in [0.5, 0.6) is 0 Å². The van der Waals surface area contributed by atoms with Gasteiger partial charge >= 0.3 is 5.97 Å². The maximum Gasteiger partial charge on any atom is 0.310 e. The number of nitrogens with zero attached hydrogens (tertiary/aromatic N) is 1. The molecule has 2 saturated heterocycles. The molecule has 1 N–H and O–H groups in total. The van der Waals surface area contributed by atoms with E-state index in [2.05, 4.69) is 16.3 Å². The van der Waals surface area contributed by atoms with Crippen LogP contribution in [0.15, 0.2) is 12.1 Å². The molecule has 5 heteroatoms. The van der Waals surface area contributed by atoms with Crippen LogP contribution >= 0.6 is 11.3 Å². The quantitative estimate of drug-likeness (QED) is 0.841. The Morgan fingerprint density at radius 1 is 1.40 bits per heavy atom. The lowest BCUT2D eigenvalue weighted by molar-refractivity contribution is -0.139. The zero-order valence-corrected chi connectivity index (χ0v) is 12.7. The van der Waals surface area contributed by atoms with E-state index >= 15 is 0 Å². The van der Waals surface area contributed by atoms with Crippen LogP contribution in [0.1, 0.15) is 29.0 Å². The Hall–Kier alpha value is -0.910. The highest BCUT2D eigenvalue weighted by Gasteiger charge is 2.36. The highest BCUT2D eigenvalue weighted by Crippen LogP contribution is 2.28. The number of carbonyl (C=O) groups excluding carboxylic acids is 1. The average Bonchev–Trinajstić information content (AvgIpc) is 3.13. The molecule has 2 unspecified atom stereocenters. The van der Waals surface area contributed by atoms with Crippen molar-refractivity contribution in [2.45, 2.75) is 44.3 Å². The molecule has 1 aromatic heterocycles. The zero-order chi connectivity index (χ0) is 13.9. The topological polar surface area (TPSA) is 41.6 Å². The maximum atomic E-state index is 11.2. The number of methoxy groups -OCH3 is 1. The number of fused-ring (bicyclic) bond motifs is 1. The lowest BCUT2D eigenvalue weighted by atomic mass is 10.1. The van der Waals surface area contributed by atoms with Gasteiger partial charge in [0.15, 0.2) is 0 Å². The first-order valence-corrected chi connectivity index (χ1v) is 8.20. The van der Waals surface area contributed by atoms with Gasteiger partial charge < -0.3 is 10.1 Å². The van der Waals surface area contributed by atoms with Crippen LogP contribution in [0.25, 0.3) is 0 Å². The second-order valence-corrected chi connectivity index (χ2v) is 6.90. The lowest BCUT2D eigenvalue weighted by Crippen LogP contribution is -2.38. The van der Waals surface area contributed by atoms with Crippen molar-refractivity contribution in [1.82, 2.24) is 10.2 Å². The predicted molar refractivity (Wildman–Crippen MR) is 79.9 cm³/mol. The molecule has 4 nitrogen and oxygen atoms in total. The first kappa shape index (κ1) is 14.0. The molecule has 3 rings (SSSR count). The molecule has 0 saturated carbocycles. The van der Waals surface area contributed by atoms with Gasteiger partial charge in [-0.2, -0.15) is 0 Å². The molecule has 110 valence electrons. The molecule has 0 radical (unpaired) electrons. The van der Waals surface area contributed by atoms with Crippen LogP contribution in [0.2, 0.25) is 0 Å². The molecule has 3 heterocycles.